The Hall–Kier alpha value is -0.0900. The third-order valence-corrected chi connectivity index (χ3v) is 1.99. The number of amides is 1. The number of hydrogen-bond acceptors (Lipinski definition) is 2. The Morgan fingerprint density at radius 2 is 2.25 bits per heavy atom. The minimum Gasteiger partial charge on any atom is -0.383 e. The monoisotopic (exact) mass is 237 g/mol. The normalized spacial score (nSPS) is 12.7. The molecule has 0 spiro atoms. The van der Waals surface area contributed by atoms with E-state index >= 15 is 0 Å². The van der Waals surface area contributed by atoms with Crippen LogP contribution in [0.4, 0.5) is 0 Å². The zero-order valence-electron chi connectivity index (χ0n) is 7.84. The number of ether oxygens (including phenoxy) is 1. The van der Waals surface area contributed by atoms with Crippen molar-refractivity contribution in [2.24, 2.45) is 0 Å². The van der Waals surface area contributed by atoms with Gasteiger partial charge in [-0.1, -0.05) is 15.9 Å². The molecule has 0 aliphatic heterocycles. The van der Waals surface area contributed by atoms with Gasteiger partial charge in [-0.15, -0.1) is 0 Å². The van der Waals surface area contributed by atoms with Crippen molar-refractivity contribution in [1.82, 2.24) is 4.90 Å². The van der Waals surface area contributed by atoms with E-state index in [2.05, 4.69) is 15.9 Å². The fraction of sp³-hybridized carbons (Fsp3) is 0.875. The zero-order valence-corrected chi connectivity index (χ0v) is 9.43. The summed E-state index contributed by atoms with van der Waals surface area (Å²) in [4.78, 5) is 13.1. The molecule has 0 aliphatic rings. The van der Waals surface area contributed by atoms with Gasteiger partial charge in [0.05, 0.1) is 11.4 Å². The lowest BCUT2D eigenvalue weighted by Gasteiger charge is -2.21. The van der Waals surface area contributed by atoms with Crippen LogP contribution in [0.3, 0.4) is 0 Å². The summed E-state index contributed by atoms with van der Waals surface area (Å²) >= 11 is 3.24. The number of halogens is 1. The highest BCUT2D eigenvalue weighted by Gasteiger charge is 2.15. The molecule has 0 aromatic carbocycles. The van der Waals surface area contributed by atoms with Crippen molar-refractivity contribution in [3.63, 3.8) is 0 Å². The Bertz CT molecular complexity index is 139. The van der Waals surface area contributed by atoms with Gasteiger partial charge in [-0.05, 0) is 13.8 Å². The number of hydrogen-bond donors (Lipinski definition) is 0. The number of carbonyl (C=O) groups excluding carboxylic acids is 1. The summed E-state index contributed by atoms with van der Waals surface area (Å²) in [5, 5.41) is 0. The summed E-state index contributed by atoms with van der Waals surface area (Å²) in [6.45, 7) is 5.79. The van der Waals surface area contributed by atoms with Gasteiger partial charge in [0.25, 0.3) is 0 Å². The van der Waals surface area contributed by atoms with Crippen molar-refractivity contribution in [3.05, 3.63) is 0 Å². The molecule has 0 heterocycles. The molecule has 0 fully saturated rings. The minimum atomic E-state index is -0.102. The van der Waals surface area contributed by atoms with E-state index in [0.717, 1.165) is 6.54 Å². The number of nitrogens with zero attached hydrogens (tertiary/aromatic N) is 1. The topological polar surface area (TPSA) is 29.5 Å². The first-order valence-electron chi connectivity index (χ1n) is 4.05. The van der Waals surface area contributed by atoms with Gasteiger partial charge >= 0.3 is 0 Å². The molecular formula is C8H16BrNO2. The van der Waals surface area contributed by atoms with Crippen LogP contribution in [-0.2, 0) is 9.53 Å². The average molecular weight is 238 g/mol. The summed E-state index contributed by atoms with van der Waals surface area (Å²) < 4.78 is 4.89. The van der Waals surface area contributed by atoms with Crippen molar-refractivity contribution in [2.75, 3.05) is 26.8 Å². The summed E-state index contributed by atoms with van der Waals surface area (Å²) in [6.07, 6.45) is 0. The van der Waals surface area contributed by atoms with E-state index < -0.39 is 0 Å². The van der Waals surface area contributed by atoms with Crippen molar-refractivity contribution in [1.29, 1.82) is 0 Å². The van der Waals surface area contributed by atoms with Gasteiger partial charge in [0.1, 0.15) is 0 Å². The molecule has 1 amide bonds. The first kappa shape index (κ1) is 11.9. The first-order valence-corrected chi connectivity index (χ1v) is 4.96. The molecule has 0 N–H and O–H groups in total. The van der Waals surface area contributed by atoms with Gasteiger partial charge in [-0.2, -0.15) is 0 Å². The maximum absolute atomic E-state index is 11.4. The van der Waals surface area contributed by atoms with E-state index in [0.29, 0.717) is 13.2 Å². The van der Waals surface area contributed by atoms with E-state index in [-0.39, 0.29) is 10.7 Å². The molecule has 72 valence electrons. The van der Waals surface area contributed by atoms with E-state index in [4.69, 9.17) is 4.74 Å². The van der Waals surface area contributed by atoms with Gasteiger partial charge in [-0.3, -0.25) is 4.79 Å². The lowest BCUT2D eigenvalue weighted by atomic mass is 10.4. The summed E-state index contributed by atoms with van der Waals surface area (Å²) in [6, 6.07) is 0. The predicted molar refractivity (Wildman–Crippen MR) is 52.5 cm³/mol. The molecule has 0 saturated carbocycles. The second kappa shape index (κ2) is 6.43. The third-order valence-electron chi connectivity index (χ3n) is 1.60. The molecule has 0 aliphatic carbocycles. The van der Waals surface area contributed by atoms with Gasteiger partial charge in [-0.25, -0.2) is 0 Å². The van der Waals surface area contributed by atoms with E-state index in [1.165, 1.54) is 0 Å². The maximum Gasteiger partial charge on any atom is 0.236 e. The minimum absolute atomic E-state index is 0.102. The molecule has 0 rings (SSSR count). The van der Waals surface area contributed by atoms with E-state index in [1.807, 2.05) is 13.8 Å². The summed E-state index contributed by atoms with van der Waals surface area (Å²) in [5.74, 6) is 0.120. The second-order valence-corrected chi connectivity index (χ2v) is 3.90. The number of alkyl halides is 1. The molecule has 0 aromatic rings. The maximum atomic E-state index is 11.4. The van der Waals surface area contributed by atoms with Crippen LogP contribution in [0, 0.1) is 0 Å². The van der Waals surface area contributed by atoms with Crippen LogP contribution in [0.2, 0.25) is 0 Å². The Labute approximate surface area is 82.2 Å². The van der Waals surface area contributed by atoms with Gasteiger partial charge in [0.2, 0.25) is 5.91 Å². The van der Waals surface area contributed by atoms with Crippen LogP contribution in [-0.4, -0.2) is 42.4 Å². The molecular weight excluding hydrogens is 222 g/mol. The molecule has 0 bridgehead atoms. The molecule has 1 atom stereocenters. The van der Waals surface area contributed by atoms with Crippen molar-refractivity contribution < 1.29 is 9.53 Å². The van der Waals surface area contributed by atoms with Crippen molar-refractivity contribution in [3.8, 4) is 0 Å². The largest absolute Gasteiger partial charge is 0.383 e. The van der Waals surface area contributed by atoms with E-state index in [1.54, 1.807) is 12.0 Å². The van der Waals surface area contributed by atoms with Crippen LogP contribution < -0.4 is 0 Å². The predicted octanol–water partition coefficient (Wildman–Crippen LogP) is 1.26. The standard InChI is InChI=1S/C8H16BrNO2/c1-4-10(5-6-12-3)8(11)7(2)9/h7H,4-6H2,1-3H3. The smallest absolute Gasteiger partial charge is 0.236 e. The van der Waals surface area contributed by atoms with Crippen LogP contribution in [0.15, 0.2) is 0 Å². The lowest BCUT2D eigenvalue weighted by Crippen LogP contribution is -2.37. The molecule has 1 unspecified atom stereocenters. The summed E-state index contributed by atoms with van der Waals surface area (Å²) in [5.41, 5.74) is 0. The average Bonchev–Trinajstić information content (AvgIpc) is 2.05. The highest BCUT2D eigenvalue weighted by molar-refractivity contribution is 9.10. The van der Waals surface area contributed by atoms with Gasteiger partial charge in [0, 0.05) is 20.2 Å². The SMILES string of the molecule is CCN(CCOC)C(=O)C(C)Br. The fourth-order valence-electron chi connectivity index (χ4n) is 0.877. The lowest BCUT2D eigenvalue weighted by molar-refractivity contribution is -0.130. The van der Waals surface area contributed by atoms with E-state index in [9.17, 15) is 4.79 Å². The molecule has 4 heteroatoms. The summed E-state index contributed by atoms with van der Waals surface area (Å²) in [7, 11) is 1.63. The Morgan fingerprint density at radius 3 is 2.58 bits per heavy atom. The number of rotatable bonds is 5. The highest BCUT2D eigenvalue weighted by atomic mass is 79.9. The Balaban J connectivity index is 3.88. The fourth-order valence-corrected chi connectivity index (χ4v) is 1.17. The van der Waals surface area contributed by atoms with Gasteiger partial charge < -0.3 is 9.64 Å². The number of carbonyl (C=O) groups is 1. The zero-order chi connectivity index (χ0) is 9.56. The molecule has 12 heavy (non-hydrogen) atoms. The third kappa shape index (κ3) is 4.07. The second-order valence-electron chi connectivity index (χ2n) is 2.53. The molecule has 3 nitrogen and oxygen atoms in total. The quantitative estimate of drug-likeness (QED) is 0.675. The van der Waals surface area contributed by atoms with Gasteiger partial charge in [0.15, 0.2) is 0 Å². The molecule has 0 radical (unpaired) electrons. The Kier molecular flexibility index (Phi) is 6.38. The first-order chi connectivity index (χ1) is 5.63. The van der Waals surface area contributed by atoms with Crippen LogP contribution in [0.1, 0.15) is 13.8 Å². The number of likely N-dealkylation sites (N-methyl/N-ethyl adjacent to an activating group) is 1. The Morgan fingerprint density at radius 1 is 1.67 bits per heavy atom. The number of methoxy groups -OCH3 is 1. The van der Waals surface area contributed by atoms with Crippen molar-refractivity contribution >= 4 is 21.8 Å². The van der Waals surface area contributed by atoms with Crippen LogP contribution >= 0.6 is 15.9 Å². The molecule has 0 saturated heterocycles. The van der Waals surface area contributed by atoms with Crippen LogP contribution in [0.5, 0.6) is 0 Å². The molecule has 0 aromatic heterocycles. The highest BCUT2D eigenvalue weighted by Crippen LogP contribution is 2.03. The van der Waals surface area contributed by atoms with Crippen LogP contribution in [0.25, 0.3) is 0 Å². The van der Waals surface area contributed by atoms with Crippen molar-refractivity contribution in [2.45, 2.75) is 18.7 Å².